The lowest BCUT2D eigenvalue weighted by Crippen LogP contribution is -2.51. The molecular formula is C16H25FN2. The van der Waals surface area contributed by atoms with Crippen LogP contribution in [0, 0.1) is 11.7 Å². The van der Waals surface area contributed by atoms with Gasteiger partial charge in [0.2, 0.25) is 0 Å². The van der Waals surface area contributed by atoms with Gasteiger partial charge >= 0.3 is 0 Å². The second kappa shape index (κ2) is 6.02. The first-order valence-electron chi connectivity index (χ1n) is 7.19. The largest absolute Gasteiger partial charge is 0.307 e. The van der Waals surface area contributed by atoms with Gasteiger partial charge in [0, 0.05) is 30.2 Å². The van der Waals surface area contributed by atoms with Crippen LogP contribution < -0.4 is 5.32 Å². The van der Waals surface area contributed by atoms with E-state index < -0.39 is 0 Å². The molecule has 0 radical (unpaired) electrons. The molecule has 1 aromatic carbocycles. The van der Waals surface area contributed by atoms with Gasteiger partial charge in [-0.2, -0.15) is 0 Å². The van der Waals surface area contributed by atoms with Gasteiger partial charge < -0.3 is 10.2 Å². The summed E-state index contributed by atoms with van der Waals surface area (Å²) in [5, 5.41) is 3.61. The van der Waals surface area contributed by atoms with Gasteiger partial charge in [-0.3, -0.25) is 0 Å². The van der Waals surface area contributed by atoms with E-state index in [-0.39, 0.29) is 11.9 Å². The van der Waals surface area contributed by atoms with Crippen LogP contribution in [-0.2, 0) is 0 Å². The van der Waals surface area contributed by atoms with Crippen molar-refractivity contribution in [1.29, 1.82) is 0 Å². The molecule has 3 unspecified atom stereocenters. The van der Waals surface area contributed by atoms with Gasteiger partial charge in [-0.1, -0.05) is 25.1 Å². The Morgan fingerprint density at radius 1 is 1.32 bits per heavy atom. The second-order valence-corrected chi connectivity index (χ2v) is 6.02. The van der Waals surface area contributed by atoms with Crippen LogP contribution >= 0.6 is 0 Å². The summed E-state index contributed by atoms with van der Waals surface area (Å²) in [6.45, 7) is 7.68. The third-order valence-electron chi connectivity index (χ3n) is 4.45. The monoisotopic (exact) mass is 264 g/mol. The first-order chi connectivity index (χ1) is 8.99. The Kier molecular flexibility index (Phi) is 4.58. The Bertz CT molecular complexity index is 421. The van der Waals surface area contributed by atoms with E-state index in [4.69, 9.17) is 0 Å². The highest BCUT2D eigenvalue weighted by molar-refractivity contribution is 5.20. The zero-order valence-corrected chi connectivity index (χ0v) is 12.4. The molecule has 2 rings (SSSR count). The van der Waals surface area contributed by atoms with Gasteiger partial charge in [-0.15, -0.1) is 0 Å². The van der Waals surface area contributed by atoms with E-state index in [2.05, 4.69) is 31.1 Å². The molecule has 1 fully saturated rings. The Morgan fingerprint density at radius 3 is 2.68 bits per heavy atom. The van der Waals surface area contributed by atoms with E-state index in [0.717, 1.165) is 18.5 Å². The molecule has 1 aliphatic rings. The van der Waals surface area contributed by atoms with Gasteiger partial charge in [0.15, 0.2) is 0 Å². The number of hydrogen-bond donors (Lipinski definition) is 1. The predicted molar refractivity (Wildman–Crippen MR) is 77.6 cm³/mol. The molecule has 4 atom stereocenters. The van der Waals surface area contributed by atoms with Crippen molar-refractivity contribution >= 4 is 0 Å². The maximum Gasteiger partial charge on any atom is 0.127 e. The second-order valence-electron chi connectivity index (χ2n) is 6.02. The average Bonchev–Trinajstić information content (AvgIpc) is 2.36. The van der Waals surface area contributed by atoms with E-state index in [0.29, 0.717) is 18.0 Å². The summed E-state index contributed by atoms with van der Waals surface area (Å²) in [6.07, 6.45) is 1.12. The minimum atomic E-state index is -0.115. The van der Waals surface area contributed by atoms with Crippen LogP contribution in [0.15, 0.2) is 24.3 Å². The number of hydrogen-bond acceptors (Lipinski definition) is 2. The number of rotatable bonds is 3. The molecule has 106 valence electrons. The normalized spacial score (nSPS) is 30.3. The van der Waals surface area contributed by atoms with Crippen molar-refractivity contribution in [2.24, 2.45) is 5.92 Å². The molecule has 19 heavy (non-hydrogen) atoms. The maximum atomic E-state index is 13.8. The first-order valence-corrected chi connectivity index (χ1v) is 7.19. The van der Waals surface area contributed by atoms with E-state index in [9.17, 15) is 4.39 Å². The van der Waals surface area contributed by atoms with Gasteiger partial charge in [0.05, 0.1) is 0 Å². The van der Waals surface area contributed by atoms with Crippen molar-refractivity contribution in [3.05, 3.63) is 35.6 Å². The Hall–Kier alpha value is -0.930. The molecule has 2 nitrogen and oxygen atoms in total. The molecule has 1 saturated heterocycles. The molecule has 0 aliphatic carbocycles. The summed E-state index contributed by atoms with van der Waals surface area (Å²) in [7, 11) is 2.18. The Morgan fingerprint density at radius 2 is 2.00 bits per heavy atom. The molecule has 0 spiro atoms. The van der Waals surface area contributed by atoms with Gasteiger partial charge in [-0.05, 0) is 39.3 Å². The fraction of sp³-hybridized carbons (Fsp3) is 0.625. The van der Waals surface area contributed by atoms with Crippen molar-refractivity contribution in [3.63, 3.8) is 0 Å². The smallest absolute Gasteiger partial charge is 0.127 e. The predicted octanol–water partition coefficient (Wildman–Crippen LogP) is 3.21. The van der Waals surface area contributed by atoms with Crippen LogP contribution in [0.3, 0.4) is 0 Å². The molecule has 1 N–H and O–H groups in total. The zero-order valence-electron chi connectivity index (χ0n) is 12.4. The number of halogens is 1. The molecule has 0 amide bonds. The number of piperidine rings is 1. The minimum Gasteiger partial charge on any atom is -0.307 e. The maximum absolute atomic E-state index is 13.8. The molecule has 3 heteroatoms. The van der Waals surface area contributed by atoms with Crippen LogP contribution in [0.5, 0.6) is 0 Å². The SMILES string of the molecule is CC1CN(C)C(C)CC1N[C@H](C)c1ccccc1F. The quantitative estimate of drug-likeness (QED) is 0.902. The fourth-order valence-corrected chi connectivity index (χ4v) is 3.01. The van der Waals surface area contributed by atoms with Gasteiger partial charge in [0.1, 0.15) is 5.82 Å². The van der Waals surface area contributed by atoms with Crippen molar-refractivity contribution in [2.45, 2.75) is 45.3 Å². The van der Waals surface area contributed by atoms with Crippen LogP contribution in [0.25, 0.3) is 0 Å². The summed E-state index contributed by atoms with van der Waals surface area (Å²) < 4.78 is 13.8. The van der Waals surface area contributed by atoms with Crippen LogP contribution in [0.1, 0.15) is 38.8 Å². The molecular weight excluding hydrogens is 239 g/mol. The molecule has 0 bridgehead atoms. The molecule has 1 aliphatic heterocycles. The highest BCUT2D eigenvalue weighted by atomic mass is 19.1. The van der Waals surface area contributed by atoms with E-state index in [1.54, 1.807) is 6.07 Å². The highest BCUT2D eigenvalue weighted by Crippen LogP contribution is 2.24. The summed E-state index contributed by atoms with van der Waals surface area (Å²) in [6, 6.07) is 8.15. The van der Waals surface area contributed by atoms with E-state index in [1.165, 1.54) is 6.07 Å². The van der Waals surface area contributed by atoms with Crippen molar-refractivity contribution in [3.8, 4) is 0 Å². The molecule has 0 aromatic heterocycles. The lowest BCUT2D eigenvalue weighted by molar-refractivity contribution is 0.116. The number of benzene rings is 1. The van der Waals surface area contributed by atoms with Crippen molar-refractivity contribution in [2.75, 3.05) is 13.6 Å². The minimum absolute atomic E-state index is 0.0595. The zero-order chi connectivity index (χ0) is 14.0. The molecule has 1 aromatic rings. The van der Waals surface area contributed by atoms with Crippen molar-refractivity contribution in [1.82, 2.24) is 10.2 Å². The third-order valence-corrected chi connectivity index (χ3v) is 4.45. The number of nitrogens with zero attached hydrogens (tertiary/aromatic N) is 1. The fourth-order valence-electron chi connectivity index (χ4n) is 3.01. The summed E-state index contributed by atoms with van der Waals surface area (Å²) in [5.74, 6) is 0.478. The number of likely N-dealkylation sites (tertiary alicyclic amines) is 1. The summed E-state index contributed by atoms with van der Waals surface area (Å²) >= 11 is 0. The number of nitrogens with one attached hydrogen (secondary N) is 1. The van der Waals surface area contributed by atoms with Crippen LogP contribution in [-0.4, -0.2) is 30.6 Å². The van der Waals surface area contributed by atoms with E-state index in [1.807, 2.05) is 19.1 Å². The lowest BCUT2D eigenvalue weighted by Gasteiger charge is -2.41. The van der Waals surface area contributed by atoms with Gasteiger partial charge in [-0.25, -0.2) is 4.39 Å². The standard InChI is InChI=1S/C16H25FN2/c1-11-10-19(4)12(2)9-16(11)18-13(3)14-7-5-6-8-15(14)17/h5-8,11-13,16,18H,9-10H2,1-4H3/t11?,12?,13-,16?/m1/s1. The lowest BCUT2D eigenvalue weighted by atomic mass is 9.89. The van der Waals surface area contributed by atoms with Gasteiger partial charge in [0.25, 0.3) is 0 Å². The van der Waals surface area contributed by atoms with Crippen molar-refractivity contribution < 1.29 is 4.39 Å². The van der Waals surface area contributed by atoms with Crippen LogP contribution in [0.4, 0.5) is 4.39 Å². The Labute approximate surface area is 116 Å². The topological polar surface area (TPSA) is 15.3 Å². The summed E-state index contributed by atoms with van der Waals surface area (Å²) in [4.78, 5) is 2.40. The van der Waals surface area contributed by atoms with Crippen LogP contribution in [0.2, 0.25) is 0 Å². The Balaban J connectivity index is 2.03. The molecule has 0 saturated carbocycles. The third kappa shape index (κ3) is 3.34. The molecule has 1 heterocycles. The summed E-state index contributed by atoms with van der Waals surface area (Å²) in [5.41, 5.74) is 0.765. The van der Waals surface area contributed by atoms with E-state index >= 15 is 0 Å². The average molecular weight is 264 g/mol. The first kappa shape index (κ1) is 14.5. The highest BCUT2D eigenvalue weighted by Gasteiger charge is 2.29.